The van der Waals surface area contributed by atoms with Crippen LogP contribution in [-0.4, -0.2) is 27.3 Å². The number of anilines is 1. The summed E-state index contributed by atoms with van der Waals surface area (Å²) in [6.45, 7) is 9.60. The lowest BCUT2D eigenvalue weighted by molar-refractivity contribution is 0.578. The van der Waals surface area contributed by atoms with Crippen molar-refractivity contribution in [1.29, 1.82) is 0 Å². The van der Waals surface area contributed by atoms with Gasteiger partial charge in [-0.2, -0.15) is 0 Å². The number of benzene rings is 1. The van der Waals surface area contributed by atoms with Gasteiger partial charge in [-0.1, -0.05) is 32.9 Å². The molecule has 1 aliphatic heterocycles. The summed E-state index contributed by atoms with van der Waals surface area (Å²) in [6.07, 6.45) is 0.805. The second-order valence-electron chi connectivity index (χ2n) is 6.16. The first-order valence-electron chi connectivity index (χ1n) is 7.71. The maximum Gasteiger partial charge on any atom is 0.235 e. The van der Waals surface area contributed by atoms with E-state index < -0.39 is 10.0 Å². The summed E-state index contributed by atoms with van der Waals surface area (Å²) < 4.78 is 26.5. The molecule has 1 unspecified atom stereocenters. The monoisotopic (exact) mass is 310 g/mol. The Kier molecular flexibility index (Phi) is 4.94. The minimum atomic E-state index is -3.20. The van der Waals surface area contributed by atoms with E-state index in [1.54, 1.807) is 4.31 Å². The second kappa shape index (κ2) is 6.36. The largest absolute Gasteiger partial charge is 0.310 e. The normalized spacial score (nSPS) is 16.3. The van der Waals surface area contributed by atoms with Crippen LogP contribution in [0.5, 0.6) is 0 Å². The van der Waals surface area contributed by atoms with Crippen molar-refractivity contribution in [2.24, 2.45) is 5.92 Å². The summed E-state index contributed by atoms with van der Waals surface area (Å²) in [5, 5.41) is 3.39. The van der Waals surface area contributed by atoms with Crippen molar-refractivity contribution in [1.82, 2.24) is 5.32 Å². The molecular formula is C16H26N2O2S. The van der Waals surface area contributed by atoms with Crippen molar-refractivity contribution >= 4 is 15.7 Å². The number of hydrogen-bond acceptors (Lipinski definition) is 3. The van der Waals surface area contributed by atoms with Gasteiger partial charge in [0.25, 0.3) is 0 Å². The Hall–Kier alpha value is -1.07. The second-order valence-corrected chi connectivity index (χ2v) is 8.10. The third-order valence-corrected chi connectivity index (χ3v) is 5.99. The molecular weight excluding hydrogens is 284 g/mol. The van der Waals surface area contributed by atoms with Crippen LogP contribution < -0.4 is 9.62 Å². The van der Waals surface area contributed by atoms with Crippen LogP contribution in [0.25, 0.3) is 0 Å². The number of rotatable bonds is 6. The summed E-state index contributed by atoms with van der Waals surface area (Å²) >= 11 is 0. The van der Waals surface area contributed by atoms with Crippen LogP contribution in [0, 0.1) is 5.92 Å². The number of nitrogens with zero attached hydrogens (tertiary/aromatic N) is 1. The van der Waals surface area contributed by atoms with Gasteiger partial charge in [0, 0.05) is 12.6 Å². The third kappa shape index (κ3) is 3.58. The van der Waals surface area contributed by atoms with Crippen molar-refractivity contribution < 1.29 is 8.42 Å². The lowest BCUT2D eigenvalue weighted by Gasteiger charge is -2.21. The Labute approximate surface area is 128 Å². The van der Waals surface area contributed by atoms with Crippen LogP contribution in [0.15, 0.2) is 18.2 Å². The first-order chi connectivity index (χ1) is 9.85. The Morgan fingerprint density at radius 3 is 2.62 bits per heavy atom. The highest BCUT2D eigenvalue weighted by molar-refractivity contribution is 7.92. The van der Waals surface area contributed by atoms with Gasteiger partial charge in [0.1, 0.15) is 0 Å². The predicted molar refractivity (Wildman–Crippen MR) is 88.2 cm³/mol. The van der Waals surface area contributed by atoms with Crippen molar-refractivity contribution in [3.8, 4) is 0 Å². The zero-order valence-corrected chi connectivity index (χ0v) is 14.2. The lowest BCUT2D eigenvalue weighted by Crippen LogP contribution is -2.33. The molecule has 0 amide bonds. The van der Waals surface area contributed by atoms with Gasteiger partial charge < -0.3 is 5.32 Å². The topological polar surface area (TPSA) is 49.4 Å². The molecule has 0 saturated carbocycles. The maximum absolute atomic E-state index is 12.4. The van der Waals surface area contributed by atoms with Crippen molar-refractivity contribution in [3.05, 3.63) is 29.3 Å². The average molecular weight is 310 g/mol. The highest BCUT2D eigenvalue weighted by Crippen LogP contribution is 2.33. The Morgan fingerprint density at radius 1 is 1.29 bits per heavy atom. The van der Waals surface area contributed by atoms with Gasteiger partial charge in [0.15, 0.2) is 0 Å². The molecule has 1 aliphatic rings. The maximum atomic E-state index is 12.4. The molecule has 0 saturated heterocycles. The molecule has 1 aromatic rings. The van der Waals surface area contributed by atoms with Gasteiger partial charge >= 0.3 is 0 Å². The van der Waals surface area contributed by atoms with E-state index in [0.717, 1.165) is 24.2 Å². The van der Waals surface area contributed by atoms with Crippen LogP contribution in [0.2, 0.25) is 0 Å². The summed E-state index contributed by atoms with van der Waals surface area (Å²) in [5.41, 5.74) is 3.23. The first kappa shape index (κ1) is 16.3. The van der Waals surface area contributed by atoms with Gasteiger partial charge in [0.05, 0.1) is 11.4 Å². The van der Waals surface area contributed by atoms with Crippen molar-refractivity contribution in [2.75, 3.05) is 23.1 Å². The van der Waals surface area contributed by atoms with Crippen LogP contribution >= 0.6 is 0 Å². The quantitative estimate of drug-likeness (QED) is 0.879. The van der Waals surface area contributed by atoms with Gasteiger partial charge in [-0.3, -0.25) is 4.31 Å². The van der Waals surface area contributed by atoms with E-state index in [2.05, 4.69) is 25.2 Å². The average Bonchev–Trinajstić information content (AvgIpc) is 2.80. The molecule has 5 heteroatoms. The number of sulfonamides is 1. The fourth-order valence-corrected chi connectivity index (χ4v) is 4.75. The van der Waals surface area contributed by atoms with Gasteiger partial charge in [-0.15, -0.1) is 0 Å². The van der Waals surface area contributed by atoms with Crippen molar-refractivity contribution in [3.63, 3.8) is 0 Å². The van der Waals surface area contributed by atoms with E-state index >= 15 is 0 Å². The number of nitrogens with one attached hydrogen (secondary N) is 1. The highest BCUT2D eigenvalue weighted by Gasteiger charge is 2.30. The van der Waals surface area contributed by atoms with Crippen molar-refractivity contribution in [2.45, 2.75) is 40.2 Å². The van der Waals surface area contributed by atoms with Gasteiger partial charge in [-0.05, 0) is 43.0 Å². The fraction of sp³-hybridized carbons (Fsp3) is 0.625. The Morgan fingerprint density at radius 2 is 2.00 bits per heavy atom. The zero-order chi connectivity index (χ0) is 15.6. The zero-order valence-electron chi connectivity index (χ0n) is 13.4. The van der Waals surface area contributed by atoms with E-state index in [4.69, 9.17) is 0 Å². The standard InChI is InChI=1S/C16H26N2O2S/c1-5-17-13(4)14-6-7-16-15(10-14)8-9-18(16)21(19,20)11-12(2)3/h6-7,10,12-13,17H,5,8-9,11H2,1-4H3. The highest BCUT2D eigenvalue weighted by atomic mass is 32.2. The third-order valence-electron chi connectivity index (χ3n) is 3.85. The molecule has 2 rings (SSSR count). The first-order valence-corrected chi connectivity index (χ1v) is 9.32. The molecule has 0 aliphatic carbocycles. The molecule has 1 aromatic carbocycles. The smallest absolute Gasteiger partial charge is 0.235 e. The molecule has 0 radical (unpaired) electrons. The molecule has 21 heavy (non-hydrogen) atoms. The SMILES string of the molecule is CCNC(C)c1ccc2c(c1)CCN2S(=O)(=O)CC(C)C. The lowest BCUT2D eigenvalue weighted by atomic mass is 10.0. The Bertz CT molecular complexity index is 596. The van der Waals surface area contributed by atoms with E-state index in [0.29, 0.717) is 12.6 Å². The molecule has 0 aromatic heterocycles. The summed E-state index contributed by atoms with van der Waals surface area (Å²) in [7, 11) is -3.20. The molecule has 1 atom stereocenters. The minimum absolute atomic E-state index is 0.145. The Balaban J connectivity index is 2.26. The van der Waals surface area contributed by atoms with E-state index in [1.807, 2.05) is 26.0 Å². The minimum Gasteiger partial charge on any atom is -0.310 e. The van der Waals surface area contributed by atoms with E-state index in [1.165, 1.54) is 5.56 Å². The fourth-order valence-electron chi connectivity index (χ4n) is 2.88. The molecule has 4 nitrogen and oxygen atoms in total. The molecule has 0 spiro atoms. The van der Waals surface area contributed by atoms with Crippen LogP contribution in [0.4, 0.5) is 5.69 Å². The molecule has 0 fully saturated rings. The number of hydrogen-bond donors (Lipinski definition) is 1. The molecule has 0 bridgehead atoms. The van der Waals surface area contributed by atoms with Gasteiger partial charge in [0.2, 0.25) is 10.0 Å². The van der Waals surface area contributed by atoms with Crippen LogP contribution in [0.1, 0.15) is 44.9 Å². The molecule has 118 valence electrons. The summed E-state index contributed by atoms with van der Waals surface area (Å²) in [6, 6.07) is 6.44. The predicted octanol–water partition coefficient (Wildman–Crippen LogP) is 2.71. The van der Waals surface area contributed by atoms with Crippen LogP contribution in [-0.2, 0) is 16.4 Å². The molecule has 1 N–H and O–H groups in total. The summed E-state index contributed by atoms with van der Waals surface area (Å²) in [4.78, 5) is 0. The van der Waals surface area contributed by atoms with E-state index in [-0.39, 0.29) is 11.7 Å². The van der Waals surface area contributed by atoms with E-state index in [9.17, 15) is 8.42 Å². The molecule has 1 heterocycles. The van der Waals surface area contributed by atoms with Crippen LogP contribution in [0.3, 0.4) is 0 Å². The number of fused-ring (bicyclic) bond motifs is 1. The van der Waals surface area contributed by atoms with Gasteiger partial charge in [-0.25, -0.2) is 8.42 Å². The summed E-state index contributed by atoms with van der Waals surface area (Å²) in [5.74, 6) is 0.356.